The van der Waals surface area contributed by atoms with Gasteiger partial charge in [0.25, 0.3) is 0 Å². The molecule has 0 amide bonds. The van der Waals surface area contributed by atoms with Crippen molar-refractivity contribution in [1.82, 2.24) is 9.97 Å². The third-order valence-corrected chi connectivity index (χ3v) is 3.61. The Morgan fingerprint density at radius 1 is 1.00 bits per heavy atom. The molecule has 0 aromatic heterocycles. The lowest BCUT2D eigenvalue weighted by molar-refractivity contribution is -0.392. The Labute approximate surface area is 116 Å². The molecule has 20 heavy (non-hydrogen) atoms. The Morgan fingerprint density at radius 3 is 2.50 bits per heavy atom. The first-order chi connectivity index (χ1) is 9.75. The molecule has 3 heteroatoms. The van der Waals surface area contributed by atoms with Crippen LogP contribution in [0.3, 0.4) is 0 Å². The van der Waals surface area contributed by atoms with Gasteiger partial charge in [0.2, 0.25) is 5.69 Å². The van der Waals surface area contributed by atoms with Crippen molar-refractivity contribution in [3.05, 3.63) is 48.5 Å². The third-order valence-electron chi connectivity index (χ3n) is 3.61. The molecule has 2 aliphatic rings. The summed E-state index contributed by atoms with van der Waals surface area (Å²) >= 11 is 0. The van der Waals surface area contributed by atoms with E-state index in [1.54, 1.807) is 0 Å². The highest BCUT2D eigenvalue weighted by Crippen LogP contribution is 2.41. The molecule has 0 unspecified atom stereocenters. The molecule has 4 rings (SSSR count). The van der Waals surface area contributed by atoms with E-state index in [1.807, 2.05) is 48.0 Å². The fourth-order valence-electron chi connectivity index (χ4n) is 2.76. The first-order valence-electron chi connectivity index (χ1n) is 6.54. The minimum Gasteiger partial charge on any atom is -0.654 e. The van der Waals surface area contributed by atoms with Crippen LogP contribution >= 0.6 is 0 Å². The number of benzene rings is 2. The lowest BCUT2D eigenvalue weighted by Crippen LogP contribution is -1.97. The minimum atomic E-state index is 0.915. The molecule has 1 aliphatic heterocycles. The fourth-order valence-corrected chi connectivity index (χ4v) is 2.76. The van der Waals surface area contributed by atoms with E-state index in [0.717, 1.165) is 38.9 Å². The van der Waals surface area contributed by atoms with Gasteiger partial charge in [-0.1, -0.05) is 42.1 Å². The minimum absolute atomic E-state index is 0.915. The molecule has 0 fully saturated rings. The molecule has 1 aliphatic carbocycles. The smallest absolute Gasteiger partial charge is 0.236 e. The van der Waals surface area contributed by atoms with Crippen molar-refractivity contribution < 1.29 is 4.58 Å². The van der Waals surface area contributed by atoms with E-state index in [1.165, 1.54) is 0 Å². The molecular weight excluding hydrogens is 246 g/mol. The Hall–Kier alpha value is -2.68. The van der Waals surface area contributed by atoms with Crippen molar-refractivity contribution in [2.45, 2.75) is 0 Å². The molecular formula is C17H13N3. The molecule has 3 nitrogen and oxygen atoms in total. The van der Waals surface area contributed by atoms with Crippen LogP contribution in [0.4, 0.5) is 5.69 Å². The SMILES string of the molecule is C=[N+](C)c1c2nc3ccccc3[n-]c-2c2ccccc12. The largest absolute Gasteiger partial charge is 0.654 e. The zero-order valence-corrected chi connectivity index (χ0v) is 11.2. The summed E-state index contributed by atoms with van der Waals surface area (Å²) in [6.45, 7) is 4.03. The van der Waals surface area contributed by atoms with Gasteiger partial charge in [-0.2, -0.15) is 0 Å². The fraction of sp³-hybridized carbons (Fsp3) is 0.0588. The van der Waals surface area contributed by atoms with Crippen LogP contribution in [-0.4, -0.2) is 23.3 Å². The van der Waals surface area contributed by atoms with Crippen molar-refractivity contribution in [3.8, 4) is 11.4 Å². The van der Waals surface area contributed by atoms with Crippen LogP contribution < -0.4 is 4.98 Å². The molecule has 0 spiro atoms. The second kappa shape index (κ2) is 3.90. The Kier molecular flexibility index (Phi) is 2.18. The summed E-state index contributed by atoms with van der Waals surface area (Å²) in [7, 11) is 1.94. The van der Waals surface area contributed by atoms with E-state index in [4.69, 9.17) is 9.97 Å². The average molecular weight is 259 g/mol. The van der Waals surface area contributed by atoms with Gasteiger partial charge >= 0.3 is 0 Å². The highest BCUT2D eigenvalue weighted by atomic mass is 15.0. The van der Waals surface area contributed by atoms with E-state index in [-0.39, 0.29) is 0 Å². The van der Waals surface area contributed by atoms with Gasteiger partial charge in [0, 0.05) is 5.52 Å². The Morgan fingerprint density at radius 2 is 1.70 bits per heavy atom. The van der Waals surface area contributed by atoms with E-state index >= 15 is 0 Å². The number of hydrogen-bond acceptors (Lipinski definition) is 1. The second-order valence-electron chi connectivity index (χ2n) is 5.00. The molecule has 0 radical (unpaired) electrons. The second-order valence-corrected chi connectivity index (χ2v) is 5.00. The van der Waals surface area contributed by atoms with E-state index < -0.39 is 0 Å². The van der Waals surface area contributed by atoms with Gasteiger partial charge in [0.05, 0.1) is 5.39 Å². The molecule has 0 saturated heterocycles. The molecule has 0 atom stereocenters. The predicted molar refractivity (Wildman–Crippen MR) is 82.2 cm³/mol. The monoisotopic (exact) mass is 259 g/mol. The maximum absolute atomic E-state index is 4.79. The average Bonchev–Trinajstić information content (AvgIpc) is 2.78. The normalized spacial score (nSPS) is 11.4. The number of rotatable bonds is 1. The third kappa shape index (κ3) is 1.40. The number of hydrogen-bond donors (Lipinski definition) is 0. The van der Waals surface area contributed by atoms with Gasteiger partial charge in [-0.15, -0.1) is 5.52 Å². The summed E-state index contributed by atoms with van der Waals surface area (Å²) in [4.78, 5) is 9.58. The lowest BCUT2D eigenvalue weighted by atomic mass is 10.2. The zero-order valence-electron chi connectivity index (χ0n) is 11.2. The molecule has 96 valence electrons. The number of nitrogens with zero attached hydrogens (tertiary/aromatic N) is 3. The molecule has 2 aromatic carbocycles. The quantitative estimate of drug-likeness (QED) is 0.387. The maximum atomic E-state index is 4.79. The highest BCUT2D eigenvalue weighted by Gasteiger charge is 2.21. The zero-order chi connectivity index (χ0) is 13.7. The molecule has 2 aromatic rings. The number of fused-ring (bicyclic) bond motifs is 4. The van der Waals surface area contributed by atoms with Crippen LogP contribution in [0.25, 0.3) is 33.2 Å². The van der Waals surface area contributed by atoms with Crippen LogP contribution in [0.15, 0.2) is 48.5 Å². The van der Waals surface area contributed by atoms with Crippen LogP contribution in [-0.2, 0) is 0 Å². The Balaban J connectivity index is 2.28. The van der Waals surface area contributed by atoms with Gasteiger partial charge in [-0.05, 0) is 17.5 Å². The summed E-state index contributed by atoms with van der Waals surface area (Å²) < 4.78 is 1.87. The van der Waals surface area contributed by atoms with Crippen molar-refractivity contribution in [2.24, 2.45) is 0 Å². The van der Waals surface area contributed by atoms with E-state index in [9.17, 15) is 0 Å². The van der Waals surface area contributed by atoms with Gasteiger partial charge in [-0.3, -0.25) is 0 Å². The molecule has 0 saturated carbocycles. The maximum Gasteiger partial charge on any atom is 0.236 e. The van der Waals surface area contributed by atoms with Crippen molar-refractivity contribution in [3.63, 3.8) is 0 Å². The van der Waals surface area contributed by atoms with Crippen molar-refractivity contribution in [1.29, 1.82) is 0 Å². The topological polar surface area (TPSA) is 30.0 Å². The van der Waals surface area contributed by atoms with E-state index in [2.05, 4.69) is 18.9 Å². The van der Waals surface area contributed by atoms with Gasteiger partial charge in [-0.25, -0.2) is 9.56 Å². The van der Waals surface area contributed by atoms with Crippen LogP contribution in [0.1, 0.15) is 0 Å². The number of para-hydroxylation sites is 2. The van der Waals surface area contributed by atoms with Crippen LogP contribution in [0.5, 0.6) is 0 Å². The van der Waals surface area contributed by atoms with Crippen molar-refractivity contribution in [2.75, 3.05) is 7.05 Å². The van der Waals surface area contributed by atoms with Gasteiger partial charge < -0.3 is 4.98 Å². The molecule has 1 heterocycles. The van der Waals surface area contributed by atoms with Crippen LogP contribution in [0, 0.1) is 0 Å². The standard InChI is InChI=1S/C17H13N3/c1-20(2)17-12-8-4-3-7-11(12)15-16(17)19-14-10-6-5-9-13(14)18-15/h3-10H,1H2,2H3. The summed E-state index contributed by atoms with van der Waals surface area (Å²) in [5.74, 6) is 0. The molecule has 0 N–H and O–H groups in total. The van der Waals surface area contributed by atoms with E-state index in [0.29, 0.717) is 0 Å². The summed E-state index contributed by atoms with van der Waals surface area (Å²) in [5.41, 5.74) is 4.74. The predicted octanol–water partition coefficient (Wildman–Crippen LogP) is 3.42. The van der Waals surface area contributed by atoms with Crippen LogP contribution in [0.2, 0.25) is 0 Å². The first kappa shape index (κ1) is 11.2. The first-order valence-corrected chi connectivity index (χ1v) is 6.54. The van der Waals surface area contributed by atoms with Gasteiger partial charge in [0.15, 0.2) is 0 Å². The number of aromatic nitrogens is 2. The Bertz CT molecular complexity index is 934. The van der Waals surface area contributed by atoms with Crippen molar-refractivity contribution >= 4 is 34.2 Å². The summed E-state index contributed by atoms with van der Waals surface area (Å²) in [6, 6.07) is 16.2. The lowest BCUT2D eigenvalue weighted by Gasteiger charge is -2.15. The molecule has 0 bridgehead atoms. The highest BCUT2D eigenvalue weighted by molar-refractivity contribution is 6.09. The summed E-state index contributed by atoms with van der Waals surface area (Å²) in [5, 5.41) is 2.28. The van der Waals surface area contributed by atoms with Gasteiger partial charge in [0.1, 0.15) is 19.5 Å². The summed E-state index contributed by atoms with van der Waals surface area (Å²) in [6.07, 6.45) is 0.